The fourth-order valence-corrected chi connectivity index (χ4v) is 3.59. The van der Waals surface area contributed by atoms with Gasteiger partial charge in [-0.2, -0.15) is 0 Å². The van der Waals surface area contributed by atoms with E-state index in [1.165, 1.54) is 0 Å². The average Bonchev–Trinajstić information content (AvgIpc) is 2.68. The molecule has 0 bridgehead atoms. The van der Waals surface area contributed by atoms with Crippen LogP contribution in [0.15, 0.2) is 4.99 Å². The largest absolute Gasteiger partial charge is 0.383 e. The Morgan fingerprint density at radius 3 is 2.48 bits per heavy atom. The molecule has 2 N–H and O–H groups in total. The molecule has 2 fully saturated rings. The second-order valence-electron chi connectivity index (χ2n) is 7.70. The first-order chi connectivity index (χ1) is 13.5. The number of aliphatic imine (C=N–C) groups is 1. The lowest BCUT2D eigenvalue weighted by molar-refractivity contribution is -0.122. The molecular formula is C19H40IN7O2. The maximum Gasteiger partial charge on any atom is 0.234 e. The van der Waals surface area contributed by atoms with Crippen molar-refractivity contribution in [2.24, 2.45) is 4.99 Å². The van der Waals surface area contributed by atoms with Gasteiger partial charge >= 0.3 is 0 Å². The van der Waals surface area contributed by atoms with Gasteiger partial charge in [-0.3, -0.25) is 19.6 Å². The van der Waals surface area contributed by atoms with Gasteiger partial charge in [0.25, 0.3) is 0 Å². The highest BCUT2D eigenvalue weighted by atomic mass is 127. The van der Waals surface area contributed by atoms with Crippen LogP contribution in [-0.4, -0.2) is 137 Å². The highest BCUT2D eigenvalue weighted by Gasteiger charge is 2.24. The third-order valence-electron chi connectivity index (χ3n) is 5.43. The first-order valence-electron chi connectivity index (χ1n) is 10.4. The summed E-state index contributed by atoms with van der Waals surface area (Å²) in [5.74, 6) is 1.06. The van der Waals surface area contributed by atoms with E-state index in [1.54, 1.807) is 7.11 Å². The number of hydrogen-bond acceptors (Lipinski definition) is 6. The number of hydrogen-bond donors (Lipinski definition) is 2. The number of piperazine rings is 2. The molecule has 0 aliphatic carbocycles. The zero-order chi connectivity index (χ0) is 20.4. The number of halogens is 1. The molecule has 1 amide bonds. The Balaban J connectivity index is 0.00000420. The molecule has 0 spiro atoms. The van der Waals surface area contributed by atoms with Crippen LogP contribution in [0.1, 0.15) is 6.92 Å². The highest BCUT2D eigenvalue weighted by Crippen LogP contribution is 2.07. The predicted octanol–water partition coefficient (Wildman–Crippen LogP) is -0.804. The smallest absolute Gasteiger partial charge is 0.234 e. The zero-order valence-electron chi connectivity index (χ0n) is 18.5. The molecular weight excluding hydrogens is 485 g/mol. The maximum absolute atomic E-state index is 12.0. The minimum atomic E-state index is 0. The second-order valence-corrected chi connectivity index (χ2v) is 7.70. The Bertz CT molecular complexity index is 501. The number of ether oxygens (including phenoxy) is 1. The second kappa shape index (κ2) is 14.3. The molecule has 0 aromatic rings. The summed E-state index contributed by atoms with van der Waals surface area (Å²) in [4.78, 5) is 26.2. The first kappa shape index (κ1) is 26.3. The predicted molar refractivity (Wildman–Crippen MR) is 128 cm³/mol. The van der Waals surface area contributed by atoms with E-state index in [0.29, 0.717) is 25.7 Å². The van der Waals surface area contributed by atoms with Crippen LogP contribution in [0, 0.1) is 0 Å². The van der Waals surface area contributed by atoms with Crippen molar-refractivity contribution in [2.75, 3.05) is 99.8 Å². The van der Waals surface area contributed by atoms with Crippen molar-refractivity contribution >= 4 is 35.8 Å². The van der Waals surface area contributed by atoms with E-state index >= 15 is 0 Å². The number of amides is 1. The van der Waals surface area contributed by atoms with Crippen molar-refractivity contribution in [3.63, 3.8) is 0 Å². The number of carbonyl (C=O) groups is 1. The van der Waals surface area contributed by atoms with Crippen LogP contribution in [-0.2, 0) is 9.53 Å². The van der Waals surface area contributed by atoms with Gasteiger partial charge in [0.1, 0.15) is 0 Å². The summed E-state index contributed by atoms with van der Waals surface area (Å²) >= 11 is 0. The quantitative estimate of drug-likeness (QED) is 0.186. The minimum Gasteiger partial charge on any atom is -0.383 e. The molecule has 170 valence electrons. The summed E-state index contributed by atoms with van der Waals surface area (Å²) in [6.07, 6.45) is 0. The Hall–Kier alpha value is -0.690. The van der Waals surface area contributed by atoms with E-state index in [-0.39, 0.29) is 29.9 Å². The number of carbonyl (C=O) groups excluding carboxylic acids is 1. The van der Waals surface area contributed by atoms with Gasteiger partial charge in [-0.05, 0) is 21.0 Å². The first-order valence-corrected chi connectivity index (χ1v) is 10.4. The van der Waals surface area contributed by atoms with Gasteiger partial charge in [-0.15, -0.1) is 24.0 Å². The molecule has 1 atom stereocenters. The molecule has 2 aliphatic heterocycles. The van der Waals surface area contributed by atoms with Crippen molar-refractivity contribution in [3.05, 3.63) is 0 Å². The normalized spacial score (nSPS) is 22.3. The number of rotatable bonds is 8. The van der Waals surface area contributed by atoms with Crippen molar-refractivity contribution in [2.45, 2.75) is 13.0 Å². The number of nitrogens with zero attached hydrogens (tertiary/aromatic N) is 5. The van der Waals surface area contributed by atoms with E-state index in [4.69, 9.17) is 9.73 Å². The van der Waals surface area contributed by atoms with Crippen LogP contribution in [0.25, 0.3) is 0 Å². The van der Waals surface area contributed by atoms with E-state index in [1.807, 2.05) is 0 Å². The highest BCUT2D eigenvalue weighted by molar-refractivity contribution is 14.0. The standard InChI is InChI=1S/C19H39N7O2.HI/c1-5-20-19(22-14-17-15-23(2)7-8-24(17)3)26-11-9-25(10-12-26)16-18(27)21-6-13-28-4;/h17H,5-16H2,1-4H3,(H,20,22)(H,21,27);1H. The molecule has 0 radical (unpaired) electrons. The summed E-state index contributed by atoms with van der Waals surface area (Å²) in [5, 5.41) is 6.33. The molecule has 9 nitrogen and oxygen atoms in total. The van der Waals surface area contributed by atoms with Gasteiger partial charge in [0.15, 0.2) is 5.96 Å². The molecule has 0 aromatic carbocycles. The average molecular weight is 525 g/mol. The lowest BCUT2D eigenvalue weighted by Crippen LogP contribution is -2.55. The van der Waals surface area contributed by atoms with E-state index in [2.05, 4.69) is 51.3 Å². The topological polar surface area (TPSA) is 75.7 Å². The summed E-state index contributed by atoms with van der Waals surface area (Å²) in [7, 11) is 6.01. The molecule has 0 saturated carbocycles. The Labute approximate surface area is 193 Å². The Morgan fingerprint density at radius 2 is 1.83 bits per heavy atom. The number of guanidine groups is 1. The van der Waals surface area contributed by atoms with Crippen LogP contribution >= 0.6 is 24.0 Å². The summed E-state index contributed by atoms with van der Waals surface area (Å²) in [6, 6.07) is 0.462. The zero-order valence-corrected chi connectivity index (χ0v) is 20.9. The molecule has 2 rings (SSSR count). The van der Waals surface area contributed by atoms with E-state index in [0.717, 1.165) is 64.9 Å². The molecule has 0 aromatic heterocycles. The molecule has 1 unspecified atom stereocenters. The monoisotopic (exact) mass is 525 g/mol. The third-order valence-corrected chi connectivity index (χ3v) is 5.43. The SMILES string of the molecule is CCNC(=NCC1CN(C)CCN1C)N1CCN(CC(=O)NCCOC)CC1.I. The fourth-order valence-electron chi connectivity index (χ4n) is 3.59. The van der Waals surface area contributed by atoms with Crippen LogP contribution in [0.5, 0.6) is 0 Å². The van der Waals surface area contributed by atoms with E-state index < -0.39 is 0 Å². The molecule has 2 heterocycles. The van der Waals surface area contributed by atoms with Gasteiger partial charge in [0, 0.05) is 72.1 Å². The van der Waals surface area contributed by atoms with Crippen LogP contribution in [0.2, 0.25) is 0 Å². The van der Waals surface area contributed by atoms with E-state index in [9.17, 15) is 4.79 Å². The molecule has 2 aliphatic rings. The summed E-state index contributed by atoms with van der Waals surface area (Å²) < 4.78 is 4.96. The minimum absolute atomic E-state index is 0. The lowest BCUT2D eigenvalue weighted by atomic mass is 10.2. The van der Waals surface area contributed by atoms with Crippen molar-refractivity contribution < 1.29 is 9.53 Å². The van der Waals surface area contributed by atoms with Gasteiger partial charge < -0.3 is 25.2 Å². The van der Waals surface area contributed by atoms with Gasteiger partial charge in [0.2, 0.25) is 5.91 Å². The fraction of sp³-hybridized carbons (Fsp3) is 0.895. The van der Waals surface area contributed by atoms with Crippen LogP contribution in [0.4, 0.5) is 0 Å². The van der Waals surface area contributed by atoms with Crippen molar-refractivity contribution in [1.29, 1.82) is 0 Å². The number of nitrogens with one attached hydrogen (secondary N) is 2. The van der Waals surface area contributed by atoms with Crippen LogP contribution in [0.3, 0.4) is 0 Å². The third kappa shape index (κ3) is 9.33. The van der Waals surface area contributed by atoms with Gasteiger partial charge in [-0.25, -0.2) is 0 Å². The lowest BCUT2D eigenvalue weighted by Gasteiger charge is -2.38. The summed E-state index contributed by atoms with van der Waals surface area (Å²) in [5.41, 5.74) is 0. The number of methoxy groups -OCH3 is 1. The Kier molecular flexibility index (Phi) is 13.0. The molecule has 29 heavy (non-hydrogen) atoms. The molecule has 2 saturated heterocycles. The van der Waals surface area contributed by atoms with Gasteiger partial charge in [-0.1, -0.05) is 0 Å². The van der Waals surface area contributed by atoms with Crippen molar-refractivity contribution in [3.8, 4) is 0 Å². The van der Waals surface area contributed by atoms with Crippen molar-refractivity contribution in [1.82, 2.24) is 30.2 Å². The number of likely N-dealkylation sites (N-methyl/N-ethyl adjacent to an activating group) is 2. The maximum atomic E-state index is 12.0. The van der Waals surface area contributed by atoms with Gasteiger partial charge in [0.05, 0.1) is 19.7 Å². The summed E-state index contributed by atoms with van der Waals surface area (Å²) in [6.45, 7) is 12.1. The van der Waals surface area contributed by atoms with Crippen LogP contribution < -0.4 is 10.6 Å². The Morgan fingerprint density at radius 1 is 1.10 bits per heavy atom. The molecule has 10 heteroatoms.